The highest BCUT2D eigenvalue weighted by Gasteiger charge is 2.17. The van der Waals surface area contributed by atoms with Crippen LogP contribution in [-0.2, 0) is 0 Å². The number of aryl methyl sites for hydroxylation is 3. The average molecular weight is 335 g/mol. The van der Waals surface area contributed by atoms with Crippen molar-refractivity contribution in [3.8, 4) is 0 Å². The Morgan fingerprint density at radius 2 is 1.55 bits per heavy atom. The molecule has 0 radical (unpaired) electrons. The summed E-state index contributed by atoms with van der Waals surface area (Å²) in [5, 5.41) is 2.74. The van der Waals surface area contributed by atoms with Crippen LogP contribution in [0.4, 0.5) is 0 Å². The van der Waals surface area contributed by atoms with Crippen LogP contribution in [0.1, 0.15) is 16.4 Å². The van der Waals surface area contributed by atoms with Crippen LogP contribution >= 0.6 is 22.7 Å². The van der Waals surface area contributed by atoms with Crippen molar-refractivity contribution in [1.82, 2.24) is 0 Å². The van der Waals surface area contributed by atoms with Crippen LogP contribution in [0, 0.1) is 31.0 Å². The number of thiophene rings is 2. The fourth-order valence-corrected chi connectivity index (χ4v) is 4.44. The van der Waals surface area contributed by atoms with E-state index >= 15 is 0 Å². The van der Waals surface area contributed by atoms with Gasteiger partial charge in [0.05, 0.1) is 17.9 Å². The van der Waals surface area contributed by atoms with Gasteiger partial charge in [-0.1, -0.05) is 0 Å². The molecular formula is C12H11ClO5S2. The summed E-state index contributed by atoms with van der Waals surface area (Å²) in [4.78, 5) is 1.38. The van der Waals surface area contributed by atoms with Crippen LogP contribution in [0.25, 0.3) is 19.5 Å². The summed E-state index contributed by atoms with van der Waals surface area (Å²) in [7, 11) is -4.94. The Bertz CT molecular complexity index is 750. The van der Waals surface area contributed by atoms with Crippen LogP contribution in [0.5, 0.6) is 0 Å². The lowest BCUT2D eigenvalue weighted by molar-refractivity contribution is -2.00. The Balaban J connectivity index is 0.000000257. The zero-order valence-electron chi connectivity index (χ0n) is 10.9. The lowest BCUT2D eigenvalue weighted by atomic mass is 10.2. The summed E-state index contributed by atoms with van der Waals surface area (Å²) >= 11 is 3.71. The molecule has 0 spiro atoms. The molecule has 0 aliphatic carbocycles. The first-order valence-electron chi connectivity index (χ1n) is 5.50. The second kappa shape index (κ2) is 5.53. The first-order valence-corrected chi connectivity index (χ1v) is 8.36. The molecule has 0 aliphatic heterocycles. The first-order chi connectivity index (χ1) is 9.15. The van der Waals surface area contributed by atoms with Gasteiger partial charge in [0, 0.05) is 21.7 Å². The molecule has 3 rings (SSSR count). The van der Waals surface area contributed by atoms with Gasteiger partial charge in [-0.25, -0.2) is 23.1 Å². The summed E-state index contributed by atoms with van der Waals surface area (Å²) in [5.74, 6) is 2.03. The normalized spacial score (nSPS) is 11.8. The molecule has 108 valence electrons. The number of hydrogen-bond donors (Lipinski definition) is 0. The van der Waals surface area contributed by atoms with Crippen molar-refractivity contribution >= 4 is 42.2 Å². The minimum atomic E-state index is -4.94. The fraction of sp³-hybridized carbons (Fsp3) is 0.250. The Hall–Kier alpha value is -0.800. The predicted octanol–water partition coefficient (Wildman–Crippen LogP) is 0.159. The maximum Gasteiger partial charge on any atom is 0.344 e. The van der Waals surface area contributed by atoms with Crippen LogP contribution in [0.3, 0.4) is 0 Å². The second-order valence-electron chi connectivity index (χ2n) is 4.19. The van der Waals surface area contributed by atoms with Crippen LogP contribution in [0.2, 0.25) is 0 Å². The van der Waals surface area contributed by atoms with Crippen molar-refractivity contribution in [3.63, 3.8) is 0 Å². The summed E-state index contributed by atoms with van der Waals surface area (Å²) in [6.45, 7) is 6.22. The third-order valence-corrected chi connectivity index (χ3v) is 4.99. The molecular weight excluding hydrogens is 324 g/mol. The van der Waals surface area contributed by atoms with Crippen LogP contribution in [0.15, 0.2) is 16.5 Å². The van der Waals surface area contributed by atoms with Gasteiger partial charge in [-0.2, -0.15) is 0 Å². The van der Waals surface area contributed by atoms with Crippen molar-refractivity contribution in [2.45, 2.75) is 20.8 Å². The Labute approximate surface area is 125 Å². The van der Waals surface area contributed by atoms with Crippen molar-refractivity contribution < 1.29 is 33.3 Å². The largest absolute Gasteiger partial charge is 0.344 e. The molecule has 0 saturated carbocycles. The van der Waals surface area contributed by atoms with E-state index in [4.69, 9.17) is 23.1 Å². The summed E-state index contributed by atoms with van der Waals surface area (Å²) in [6, 6.07) is 4.42. The highest BCUT2D eigenvalue weighted by molar-refractivity contribution is 7.41. The molecule has 0 aliphatic rings. The predicted molar refractivity (Wildman–Crippen MR) is 68.1 cm³/mol. The number of fused-ring (bicyclic) bond motifs is 3. The molecule has 0 saturated heterocycles. The average Bonchev–Trinajstić information content (AvgIpc) is 2.73. The molecule has 0 N–H and O–H groups in total. The lowest BCUT2D eigenvalue weighted by Crippen LogP contribution is -2.68. The van der Waals surface area contributed by atoms with Crippen molar-refractivity contribution in [2.24, 2.45) is 0 Å². The minimum Gasteiger partial charge on any atom is -0.222 e. The standard InChI is InChI=1S/C12H11OS2.ClHO4/c1-6-4-9-10-5-7(2)14-12(10)15-11(9)8(3)13-6;2-1(3,4)5/h4-5H,1-3H3;(H,2,3,4,5)/q+1;/p-1. The van der Waals surface area contributed by atoms with Gasteiger partial charge < -0.3 is 0 Å². The molecule has 0 atom stereocenters. The molecule has 0 amide bonds. The number of rotatable bonds is 0. The second-order valence-corrected chi connectivity index (χ2v) is 7.49. The topological polar surface area (TPSA) is 104 Å². The summed E-state index contributed by atoms with van der Waals surface area (Å²) in [6.07, 6.45) is 0. The molecule has 20 heavy (non-hydrogen) atoms. The number of halogens is 1. The van der Waals surface area contributed by atoms with E-state index in [-0.39, 0.29) is 0 Å². The van der Waals surface area contributed by atoms with E-state index in [2.05, 4.69) is 19.1 Å². The molecule has 0 aromatic carbocycles. The SMILES string of the molecule is Cc1cc2c(sc3sc(C)cc32)c(C)[o+]1.[O-][Cl+3]([O-])([O-])[O-]. The molecule has 8 heteroatoms. The van der Waals surface area contributed by atoms with Gasteiger partial charge in [0.2, 0.25) is 0 Å². The van der Waals surface area contributed by atoms with Crippen molar-refractivity contribution in [2.75, 3.05) is 0 Å². The molecule has 0 unspecified atom stereocenters. The monoisotopic (exact) mass is 334 g/mol. The van der Waals surface area contributed by atoms with E-state index in [1.165, 1.54) is 24.4 Å². The molecule has 5 nitrogen and oxygen atoms in total. The maximum absolute atomic E-state index is 8.49. The molecule has 3 aromatic heterocycles. The Morgan fingerprint density at radius 1 is 0.950 bits per heavy atom. The lowest BCUT2D eigenvalue weighted by Gasteiger charge is -2.17. The Kier molecular flexibility index (Phi) is 4.31. The van der Waals surface area contributed by atoms with E-state index in [1.54, 1.807) is 0 Å². The summed E-state index contributed by atoms with van der Waals surface area (Å²) < 4.78 is 42.3. The first kappa shape index (κ1) is 15.6. The van der Waals surface area contributed by atoms with Gasteiger partial charge in [0.25, 0.3) is 0 Å². The number of hydrogen-bond acceptors (Lipinski definition) is 6. The van der Waals surface area contributed by atoms with Crippen LogP contribution in [-0.4, -0.2) is 0 Å². The highest BCUT2D eigenvalue weighted by atomic mass is 35.7. The zero-order valence-corrected chi connectivity index (χ0v) is 13.3. The molecule has 3 aromatic rings. The third kappa shape index (κ3) is 3.64. The van der Waals surface area contributed by atoms with E-state index in [9.17, 15) is 0 Å². The third-order valence-electron chi connectivity index (χ3n) is 2.53. The van der Waals surface area contributed by atoms with E-state index < -0.39 is 10.2 Å². The smallest absolute Gasteiger partial charge is 0.222 e. The summed E-state index contributed by atoms with van der Waals surface area (Å²) in [5.41, 5.74) is 0. The molecule has 0 bridgehead atoms. The quantitative estimate of drug-likeness (QED) is 0.545. The van der Waals surface area contributed by atoms with Gasteiger partial charge in [0.1, 0.15) is 4.70 Å². The van der Waals surface area contributed by atoms with E-state index in [1.807, 2.05) is 36.5 Å². The van der Waals surface area contributed by atoms with Gasteiger partial charge in [0.15, 0.2) is 0 Å². The van der Waals surface area contributed by atoms with Crippen molar-refractivity contribution in [3.05, 3.63) is 28.5 Å². The zero-order chi connectivity index (χ0) is 15.1. The highest BCUT2D eigenvalue weighted by Crippen LogP contribution is 2.40. The van der Waals surface area contributed by atoms with E-state index in [0.717, 1.165) is 11.5 Å². The van der Waals surface area contributed by atoms with Gasteiger partial charge in [-0.3, -0.25) is 0 Å². The molecule has 0 fully saturated rings. The van der Waals surface area contributed by atoms with Gasteiger partial charge in [-0.05, 0) is 13.0 Å². The Morgan fingerprint density at radius 3 is 2.15 bits per heavy atom. The maximum atomic E-state index is 8.49. The van der Waals surface area contributed by atoms with E-state index in [0.29, 0.717) is 0 Å². The van der Waals surface area contributed by atoms with Gasteiger partial charge >= 0.3 is 11.5 Å². The van der Waals surface area contributed by atoms with Gasteiger partial charge in [-0.15, -0.1) is 32.9 Å². The molecule has 3 heterocycles. The van der Waals surface area contributed by atoms with Crippen molar-refractivity contribution in [1.29, 1.82) is 0 Å². The minimum absolute atomic E-state index is 0.989. The van der Waals surface area contributed by atoms with Crippen LogP contribution < -0.4 is 18.6 Å². The fourth-order valence-electron chi connectivity index (χ4n) is 1.95.